The van der Waals surface area contributed by atoms with Crippen molar-refractivity contribution < 1.29 is 63.9 Å². The maximum absolute atomic E-state index is 13.2. The Balaban J connectivity index is 1.58. The first-order chi connectivity index (χ1) is 19.8. The van der Waals surface area contributed by atoms with E-state index < -0.39 is 83.4 Å². The summed E-state index contributed by atoms with van der Waals surface area (Å²) in [5, 5.41) is 73.0. The van der Waals surface area contributed by atoms with Crippen molar-refractivity contribution in [3.05, 3.63) is 46.1 Å². The number of aliphatic hydroxyl groups is 4. The highest BCUT2D eigenvalue weighted by molar-refractivity contribution is 5.92. The maximum Gasteiger partial charge on any atom is 0.197 e. The molecule has 226 valence electrons. The Morgan fingerprint density at radius 1 is 0.833 bits per heavy atom. The van der Waals surface area contributed by atoms with Gasteiger partial charge in [-0.3, -0.25) is 9.59 Å². The number of ketones is 1. The van der Waals surface area contributed by atoms with Gasteiger partial charge in [0.2, 0.25) is 0 Å². The lowest BCUT2D eigenvalue weighted by Crippen LogP contribution is -2.60. The molecule has 0 aliphatic carbocycles. The van der Waals surface area contributed by atoms with Crippen LogP contribution < -0.4 is 10.2 Å². The molecule has 1 aromatic heterocycles. The zero-order chi connectivity index (χ0) is 30.6. The van der Waals surface area contributed by atoms with Gasteiger partial charge in [-0.2, -0.15) is 0 Å². The molecule has 14 heteroatoms. The first-order valence-electron chi connectivity index (χ1n) is 13.0. The van der Waals surface area contributed by atoms with Crippen molar-refractivity contribution in [1.29, 1.82) is 0 Å². The molecule has 5 rings (SSSR count). The summed E-state index contributed by atoms with van der Waals surface area (Å²) in [6.07, 6.45) is -14.0. The normalized spacial score (nSPS) is 31.8. The second-order valence-corrected chi connectivity index (χ2v) is 10.2. The number of phenols is 3. The third kappa shape index (κ3) is 4.96. The quantitative estimate of drug-likeness (QED) is 0.211. The smallest absolute Gasteiger partial charge is 0.197 e. The first-order valence-corrected chi connectivity index (χ1v) is 13.0. The van der Waals surface area contributed by atoms with Gasteiger partial charge in [-0.1, -0.05) is 0 Å². The number of aliphatic hydroxyl groups excluding tert-OH is 4. The van der Waals surface area contributed by atoms with Crippen molar-refractivity contribution in [1.82, 2.24) is 0 Å². The number of aromatic hydroxyl groups is 3. The summed E-state index contributed by atoms with van der Waals surface area (Å²) in [4.78, 5) is 26.4. The van der Waals surface area contributed by atoms with E-state index in [-0.39, 0.29) is 28.2 Å². The Labute approximate surface area is 237 Å². The summed E-state index contributed by atoms with van der Waals surface area (Å²) in [6, 6.07) is 6.34. The topological polar surface area (TPSA) is 226 Å². The molecular formula is C28H30O14. The lowest BCUT2D eigenvalue weighted by molar-refractivity contribution is -0.314. The van der Waals surface area contributed by atoms with Gasteiger partial charge in [0.05, 0.1) is 24.9 Å². The van der Waals surface area contributed by atoms with E-state index in [1.807, 2.05) is 0 Å². The number of hydrogen-bond acceptors (Lipinski definition) is 14. The molecule has 42 heavy (non-hydrogen) atoms. The Morgan fingerprint density at radius 3 is 2.21 bits per heavy atom. The molecule has 0 saturated carbocycles. The molecule has 14 nitrogen and oxygen atoms in total. The Kier molecular flexibility index (Phi) is 7.89. The third-order valence-electron chi connectivity index (χ3n) is 7.50. The van der Waals surface area contributed by atoms with Crippen LogP contribution in [0.3, 0.4) is 0 Å². The van der Waals surface area contributed by atoms with Gasteiger partial charge < -0.3 is 59.1 Å². The number of carbonyl (C=O) groups excluding carboxylic acids is 1. The highest BCUT2D eigenvalue weighted by atomic mass is 16.7. The third-order valence-corrected chi connectivity index (χ3v) is 7.50. The van der Waals surface area contributed by atoms with Crippen LogP contribution in [0.2, 0.25) is 0 Å². The van der Waals surface area contributed by atoms with Crippen molar-refractivity contribution in [2.75, 3.05) is 7.11 Å². The summed E-state index contributed by atoms with van der Waals surface area (Å²) in [6.45, 7) is 2.76. The van der Waals surface area contributed by atoms with Crippen LogP contribution in [-0.4, -0.2) is 97.7 Å². The zero-order valence-corrected chi connectivity index (χ0v) is 22.6. The SMILES string of the molecule is COc1ccc(-c2cc(=O)c3c(O)c(C4OC(C)C(O)C(=O)C4OC4OC(C)C(O)C(O)C4O)c(O)cc3o2)cc1O. The molecule has 3 aromatic rings. The van der Waals surface area contributed by atoms with E-state index in [1.165, 1.54) is 39.2 Å². The molecule has 2 saturated heterocycles. The molecule has 0 bridgehead atoms. The van der Waals surface area contributed by atoms with E-state index in [9.17, 15) is 45.3 Å². The minimum atomic E-state index is -1.82. The second kappa shape index (κ2) is 11.1. The molecule has 3 heterocycles. The van der Waals surface area contributed by atoms with Crippen molar-refractivity contribution >= 4 is 16.8 Å². The molecule has 7 N–H and O–H groups in total. The van der Waals surface area contributed by atoms with Crippen molar-refractivity contribution in [3.8, 4) is 34.3 Å². The van der Waals surface area contributed by atoms with Crippen molar-refractivity contribution in [2.45, 2.75) is 69.0 Å². The predicted octanol–water partition coefficient (Wildman–Crippen LogP) is 0.188. The van der Waals surface area contributed by atoms with Gasteiger partial charge >= 0.3 is 0 Å². The van der Waals surface area contributed by atoms with E-state index in [0.717, 1.165) is 12.1 Å². The number of rotatable bonds is 5. The first kappa shape index (κ1) is 29.7. The number of ether oxygens (including phenoxy) is 4. The van der Waals surface area contributed by atoms with Crippen LogP contribution in [0.1, 0.15) is 25.5 Å². The lowest BCUT2D eigenvalue weighted by Gasteiger charge is -2.43. The van der Waals surface area contributed by atoms with Crippen LogP contribution in [0.5, 0.6) is 23.0 Å². The van der Waals surface area contributed by atoms with Crippen LogP contribution in [-0.2, 0) is 19.0 Å². The molecule has 0 radical (unpaired) electrons. The molecule has 0 amide bonds. The fraction of sp³-hybridized carbons (Fsp3) is 0.429. The molecule has 9 unspecified atom stereocenters. The summed E-state index contributed by atoms with van der Waals surface area (Å²) in [7, 11) is 1.37. The number of carbonyl (C=O) groups is 1. The Morgan fingerprint density at radius 2 is 1.55 bits per heavy atom. The van der Waals surface area contributed by atoms with Crippen LogP contribution in [0.25, 0.3) is 22.3 Å². The van der Waals surface area contributed by atoms with Gasteiger partial charge in [-0.25, -0.2) is 0 Å². The van der Waals surface area contributed by atoms with Gasteiger partial charge in [0, 0.05) is 17.7 Å². The minimum absolute atomic E-state index is 0.00245. The van der Waals surface area contributed by atoms with Crippen LogP contribution in [0.15, 0.2) is 39.5 Å². The van der Waals surface area contributed by atoms with Gasteiger partial charge in [-0.05, 0) is 32.0 Å². The number of fused-ring (bicyclic) bond motifs is 1. The van der Waals surface area contributed by atoms with E-state index in [4.69, 9.17) is 23.4 Å². The fourth-order valence-electron chi connectivity index (χ4n) is 5.12. The number of phenolic OH excluding ortho intramolecular Hbond substituents is 3. The Bertz CT molecular complexity index is 1570. The zero-order valence-electron chi connectivity index (χ0n) is 22.6. The lowest BCUT2D eigenvalue weighted by atomic mass is 9.90. The summed E-state index contributed by atoms with van der Waals surface area (Å²) in [5.41, 5.74) is -1.14. The summed E-state index contributed by atoms with van der Waals surface area (Å²) < 4.78 is 27.6. The van der Waals surface area contributed by atoms with Gasteiger partial charge in [0.1, 0.15) is 58.7 Å². The van der Waals surface area contributed by atoms with Crippen LogP contribution in [0, 0.1) is 0 Å². The second-order valence-electron chi connectivity index (χ2n) is 10.2. The molecule has 9 atom stereocenters. The van der Waals surface area contributed by atoms with E-state index >= 15 is 0 Å². The predicted molar refractivity (Wildman–Crippen MR) is 141 cm³/mol. The van der Waals surface area contributed by atoms with Gasteiger partial charge in [-0.15, -0.1) is 0 Å². The molecule has 2 aliphatic heterocycles. The fourth-order valence-corrected chi connectivity index (χ4v) is 5.12. The number of hydrogen-bond donors (Lipinski definition) is 7. The van der Waals surface area contributed by atoms with Gasteiger partial charge in [0.15, 0.2) is 35.1 Å². The standard InChI is InChI=1S/C28H30O14/c1-9-21(33)24(36)27(42-28-25(37)23(35)20(32)10(2)40-28)26(39-9)19-14(31)8-17-18(22(19)34)13(30)7-16(41-17)11-4-5-15(38-3)12(29)6-11/h4-10,20-21,23,25-29,31-35,37H,1-3H3. The van der Waals surface area contributed by atoms with Crippen LogP contribution in [0.4, 0.5) is 0 Å². The largest absolute Gasteiger partial charge is 0.507 e. The molecule has 2 aromatic carbocycles. The number of Topliss-reactive ketones (excluding diaryl/α,β-unsaturated/α-hetero) is 1. The molecule has 2 aliphatic rings. The monoisotopic (exact) mass is 590 g/mol. The number of benzene rings is 2. The minimum Gasteiger partial charge on any atom is -0.507 e. The maximum atomic E-state index is 13.2. The van der Waals surface area contributed by atoms with E-state index in [2.05, 4.69) is 0 Å². The summed E-state index contributed by atoms with van der Waals surface area (Å²) in [5.74, 6) is -2.45. The summed E-state index contributed by atoms with van der Waals surface area (Å²) >= 11 is 0. The molecule has 0 spiro atoms. The van der Waals surface area contributed by atoms with Gasteiger partial charge in [0.25, 0.3) is 0 Å². The highest BCUT2D eigenvalue weighted by Crippen LogP contribution is 2.45. The Hall–Kier alpha value is -3.76. The van der Waals surface area contributed by atoms with Crippen LogP contribution >= 0.6 is 0 Å². The highest BCUT2D eigenvalue weighted by Gasteiger charge is 2.50. The molecule has 2 fully saturated rings. The van der Waals surface area contributed by atoms with Crippen molar-refractivity contribution in [2.24, 2.45) is 0 Å². The van der Waals surface area contributed by atoms with E-state index in [1.54, 1.807) is 0 Å². The van der Waals surface area contributed by atoms with Crippen molar-refractivity contribution in [3.63, 3.8) is 0 Å². The molecular weight excluding hydrogens is 560 g/mol. The average Bonchev–Trinajstić information content (AvgIpc) is 2.94. The number of methoxy groups -OCH3 is 1. The van der Waals surface area contributed by atoms with E-state index in [0.29, 0.717) is 5.56 Å². The average molecular weight is 591 g/mol.